The SMILES string of the molecule is CC(C)(CCc1cccc(Cl)c1)NC(=O)CC#N. The quantitative estimate of drug-likeness (QED) is 0.889. The number of carbonyl (C=O) groups excluding carboxylic acids is 1. The highest BCUT2D eigenvalue weighted by Gasteiger charge is 2.19. The lowest BCUT2D eigenvalue weighted by molar-refractivity contribution is -0.121. The van der Waals surface area contributed by atoms with Crippen LogP contribution in [0.1, 0.15) is 32.3 Å². The van der Waals surface area contributed by atoms with Crippen LogP contribution in [0.3, 0.4) is 0 Å². The van der Waals surface area contributed by atoms with Crippen molar-refractivity contribution in [3.05, 3.63) is 34.9 Å². The lowest BCUT2D eigenvalue weighted by Crippen LogP contribution is -2.43. The van der Waals surface area contributed by atoms with Crippen LogP contribution in [0, 0.1) is 11.3 Å². The summed E-state index contributed by atoms with van der Waals surface area (Å²) < 4.78 is 0. The summed E-state index contributed by atoms with van der Waals surface area (Å²) in [4.78, 5) is 11.4. The van der Waals surface area contributed by atoms with E-state index in [2.05, 4.69) is 5.32 Å². The van der Waals surface area contributed by atoms with Crippen LogP contribution in [-0.2, 0) is 11.2 Å². The van der Waals surface area contributed by atoms with Gasteiger partial charge in [0.1, 0.15) is 6.42 Å². The molecular weight excluding hydrogens is 248 g/mol. The highest BCUT2D eigenvalue weighted by Crippen LogP contribution is 2.16. The van der Waals surface area contributed by atoms with Gasteiger partial charge in [-0.15, -0.1) is 0 Å². The average Bonchev–Trinajstić information content (AvgIpc) is 2.26. The van der Waals surface area contributed by atoms with Crippen molar-refractivity contribution < 1.29 is 4.79 Å². The zero-order valence-electron chi connectivity index (χ0n) is 10.7. The van der Waals surface area contributed by atoms with E-state index < -0.39 is 0 Å². The first-order valence-corrected chi connectivity index (χ1v) is 6.23. The Morgan fingerprint density at radius 3 is 2.83 bits per heavy atom. The molecule has 0 saturated carbocycles. The largest absolute Gasteiger partial charge is 0.350 e. The molecule has 0 saturated heterocycles. The Kier molecular flexibility index (Phi) is 5.18. The topological polar surface area (TPSA) is 52.9 Å². The van der Waals surface area contributed by atoms with Gasteiger partial charge in [0.2, 0.25) is 5.91 Å². The van der Waals surface area contributed by atoms with Crippen molar-refractivity contribution in [2.24, 2.45) is 0 Å². The number of carbonyl (C=O) groups is 1. The number of benzene rings is 1. The Labute approximate surface area is 113 Å². The van der Waals surface area contributed by atoms with E-state index >= 15 is 0 Å². The Balaban J connectivity index is 2.51. The van der Waals surface area contributed by atoms with E-state index in [1.165, 1.54) is 0 Å². The zero-order chi connectivity index (χ0) is 13.6. The summed E-state index contributed by atoms with van der Waals surface area (Å²) in [5, 5.41) is 12.0. The van der Waals surface area contributed by atoms with Crippen LogP contribution >= 0.6 is 11.6 Å². The van der Waals surface area contributed by atoms with Crippen LogP contribution in [0.15, 0.2) is 24.3 Å². The van der Waals surface area contributed by atoms with Crippen LogP contribution in [0.2, 0.25) is 5.02 Å². The molecular formula is C14H17ClN2O. The molecule has 0 bridgehead atoms. The van der Waals surface area contributed by atoms with Gasteiger partial charge in [0.25, 0.3) is 0 Å². The predicted molar refractivity (Wildman–Crippen MR) is 72.2 cm³/mol. The lowest BCUT2D eigenvalue weighted by Gasteiger charge is -2.26. The molecule has 0 radical (unpaired) electrons. The van der Waals surface area contributed by atoms with E-state index in [-0.39, 0.29) is 17.9 Å². The van der Waals surface area contributed by atoms with Crippen LogP contribution in [0.5, 0.6) is 0 Å². The maximum atomic E-state index is 11.4. The summed E-state index contributed by atoms with van der Waals surface area (Å²) >= 11 is 5.91. The molecule has 1 N–H and O–H groups in total. The van der Waals surface area contributed by atoms with E-state index in [0.717, 1.165) is 23.4 Å². The summed E-state index contributed by atoms with van der Waals surface area (Å²) in [6, 6.07) is 9.53. The first-order valence-electron chi connectivity index (χ1n) is 5.85. The molecule has 4 heteroatoms. The molecule has 1 rings (SSSR count). The number of aryl methyl sites for hydroxylation is 1. The molecule has 0 aliphatic heterocycles. The molecule has 1 aromatic rings. The van der Waals surface area contributed by atoms with Gasteiger partial charge < -0.3 is 5.32 Å². The van der Waals surface area contributed by atoms with Crippen molar-refractivity contribution in [3.8, 4) is 6.07 Å². The van der Waals surface area contributed by atoms with Gasteiger partial charge in [0, 0.05) is 10.6 Å². The van der Waals surface area contributed by atoms with Crippen molar-refractivity contribution >= 4 is 17.5 Å². The number of nitrogens with one attached hydrogen (secondary N) is 1. The molecule has 0 unspecified atom stereocenters. The van der Waals surface area contributed by atoms with Gasteiger partial charge in [0.05, 0.1) is 6.07 Å². The van der Waals surface area contributed by atoms with E-state index in [1.54, 1.807) is 0 Å². The second-order valence-electron chi connectivity index (χ2n) is 4.90. The van der Waals surface area contributed by atoms with Gasteiger partial charge in [-0.25, -0.2) is 0 Å². The minimum atomic E-state index is -0.323. The van der Waals surface area contributed by atoms with Crippen LogP contribution in [0.4, 0.5) is 0 Å². The second-order valence-corrected chi connectivity index (χ2v) is 5.33. The Morgan fingerprint density at radius 1 is 1.50 bits per heavy atom. The number of hydrogen-bond acceptors (Lipinski definition) is 2. The van der Waals surface area contributed by atoms with E-state index in [4.69, 9.17) is 16.9 Å². The maximum Gasteiger partial charge on any atom is 0.234 e. The van der Waals surface area contributed by atoms with Crippen LogP contribution in [-0.4, -0.2) is 11.4 Å². The average molecular weight is 265 g/mol. The summed E-state index contributed by atoms with van der Waals surface area (Å²) in [5.41, 5.74) is 0.820. The first kappa shape index (κ1) is 14.5. The van der Waals surface area contributed by atoms with E-state index in [0.29, 0.717) is 0 Å². The molecule has 0 aliphatic carbocycles. The molecule has 18 heavy (non-hydrogen) atoms. The lowest BCUT2D eigenvalue weighted by atomic mass is 9.95. The molecule has 0 spiro atoms. The molecule has 0 aromatic heterocycles. The summed E-state index contributed by atoms with van der Waals surface area (Å²) in [6.45, 7) is 3.90. The van der Waals surface area contributed by atoms with E-state index in [9.17, 15) is 4.79 Å². The third kappa shape index (κ3) is 5.20. The van der Waals surface area contributed by atoms with Crippen LogP contribution < -0.4 is 5.32 Å². The monoisotopic (exact) mass is 264 g/mol. The van der Waals surface area contributed by atoms with Gasteiger partial charge in [0.15, 0.2) is 0 Å². The van der Waals surface area contributed by atoms with Crippen molar-refractivity contribution in [2.75, 3.05) is 0 Å². The number of nitriles is 1. The Bertz CT molecular complexity index is 463. The minimum absolute atomic E-state index is 0.0966. The number of nitrogens with zero attached hydrogens (tertiary/aromatic N) is 1. The number of amides is 1. The first-order chi connectivity index (χ1) is 8.43. The standard InChI is InChI=1S/C14H17ClN2O/c1-14(2,17-13(18)7-9-16)8-6-11-4-3-5-12(15)10-11/h3-5,10H,6-8H2,1-2H3,(H,17,18). The van der Waals surface area contributed by atoms with Gasteiger partial charge >= 0.3 is 0 Å². The number of hydrogen-bond donors (Lipinski definition) is 1. The predicted octanol–water partition coefficient (Wildman–Crippen LogP) is 3.08. The molecule has 0 atom stereocenters. The molecule has 1 amide bonds. The van der Waals surface area contributed by atoms with E-state index in [1.807, 2.05) is 44.2 Å². The summed E-state index contributed by atoms with van der Waals surface area (Å²) in [5.74, 6) is -0.228. The fourth-order valence-corrected chi connectivity index (χ4v) is 1.92. The van der Waals surface area contributed by atoms with Gasteiger partial charge in [-0.3, -0.25) is 4.79 Å². The third-order valence-electron chi connectivity index (χ3n) is 2.65. The number of rotatable bonds is 5. The third-order valence-corrected chi connectivity index (χ3v) is 2.88. The highest BCUT2D eigenvalue weighted by molar-refractivity contribution is 6.30. The smallest absolute Gasteiger partial charge is 0.234 e. The normalized spacial score (nSPS) is 10.8. The Morgan fingerprint density at radius 2 is 2.22 bits per heavy atom. The van der Waals surface area contributed by atoms with Crippen molar-refractivity contribution in [1.82, 2.24) is 5.32 Å². The summed E-state index contributed by atoms with van der Waals surface area (Å²) in [6.07, 6.45) is 1.53. The molecule has 3 nitrogen and oxygen atoms in total. The minimum Gasteiger partial charge on any atom is -0.350 e. The van der Waals surface area contributed by atoms with Crippen molar-refractivity contribution in [3.63, 3.8) is 0 Å². The fourth-order valence-electron chi connectivity index (χ4n) is 1.71. The molecule has 1 aromatic carbocycles. The highest BCUT2D eigenvalue weighted by atomic mass is 35.5. The maximum absolute atomic E-state index is 11.4. The van der Waals surface area contributed by atoms with Crippen LogP contribution in [0.25, 0.3) is 0 Å². The van der Waals surface area contributed by atoms with Gasteiger partial charge in [-0.1, -0.05) is 23.7 Å². The number of halogens is 1. The second kappa shape index (κ2) is 6.42. The van der Waals surface area contributed by atoms with Gasteiger partial charge in [-0.2, -0.15) is 5.26 Å². The zero-order valence-corrected chi connectivity index (χ0v) is 11.4. The van der Waals surface area contributed by atoms with Gasteiger partial charge in [-0.05, 0) is 44.4 Å². The Hall–Kier alpha value is -1.53. The molecule has 0 aliphatic rings. The van der Waals surface area contributed by atoms with Crippen molar-refractivity contribution in [1.29, 1.82) is 5.26 Å². The molecule has 96 valence electrons. The summed E-state index contributed by atoms with van der Waals surface area (Å²) in [7, 11) is 0. The van der Waals surface area contributed by atoms with Crippen molar-refractivity contribution in [2.45, 2.75) is 38.6 Å². The molecule has 0 fully saturated rings. The fraction of sp³-hybridized carbons (Fsp3) is 0.429. The molecule has 0 heterocycles.